The second-order valence-corrected chi connectivity index (χ2v) is 4.72. The number of H-pyrrole nitrogens is 2. The van der Waals surface area contributed by atoms with E-state index >= 15 is 0 Å². The Morgan fingerprint density at radius 2 is 2.09 bits per heavy atom. The second-order valence-electron chi connectivity index (χ2n) is 4.72. The number of nitrogens with one attached hydrogen (secondary N) is 3. The van der Waals surface area contributed by atoms with Gasteiger partial charge in [0.2, 0.25) is 0 Å². The third-order valence-electron chi connectivity index (χ3n) is 3.05. The minimum absolute atomic E-state index is 0.141. The van der Waals surface area contributed by atoms with Crippen molar-refractivity contribution in [3.8, 4) is 11.3 Å². The lowest BCUT2D eigenvalue weighted by Gasteiger charge is -2.06. The van der Waals surface area contributed by atoms with E-state index in [0.29, 0.717) is 5.69 Å². The maximum absolute atomic E-state index is 12.1. The maximum atomic E-state index is 12.1. The average Bonchev–Trinajstić information content (AvgIpc) is 2.95. The summed E-state index contributed by atoms with van der Waals surface area (Å²) in [6, 6.07) is 9.98. The van der Waals surface area contributed by atoms with Crippen LogP contribution in [0.2, 0.25) is 0 Å². The molecule has 1 aromatic carbocycles. The summed E-state index contributed by atoms with van der Waals surface area (Å²) in [5.41, 5.74) is 2.20. The molecule has 7 nitrogen and oxygen atoms in total. The first-order chi connectivity index (χ1) is 10.6. The van der Waals surface area contributed by atoms with Crippen LogP contribution in [0, 0.1) is 6.92 Å². The lowest BCUT2D eigenvalue weighted by atomic mass is 10.1. The Bertz CT molecular complexity index is 861. The number of hydrogen-bond acceptors (Lipinski definition) is 4. The molecule has 0 saturated carbocycles. The molecule has 0 saturated heterocycles. The van der Waals surface area contributed by atoms with Crippen molar-refractivity contribution in [2.45, 2.75) is 6.92 Å². The molecule has 2 aromatic heterocycles. The zero-order valence-electron chi connectivity index (χ0n) is 11.8. The SMILES string of the molecule is Cc1ncc(-c2cccc(NC(=O)c3ccc(=O)[nH]n3)c2)[nH]1. The highest BCUT2D eigenvalue weighted by molar-refractivity contribution is 6.02. The summed E-state index contributed by atoms with van der Waals surface area (Å²) in [6.07, 6.45) is 1.74. The fourth-order valence-corrected chi connectivity index (χ4v) is 2.00. The van der Waals surface area contributed by atoms with Gasteiger partial charge in [0, 0.05) is 17.3 Å². The molecule has 0 fully saturated rings. The molecule has 7 heteroatoms. The molecule has 1 amide bonds. The van der Waals surface area contributed by atoms with Crippen LogP contribution in [0.5, 0.6) is 0 Å². The molecule has 110 valence electrons. The van der Waals surface area contributed by atoms with Gasteiger partial charge in [0.05, 0.1) is 11.9 Å². The predicted molar refractivity (Wildman–Crippen MR) is 81.6 cm³/mol. The number of anilines is 1. The van der Waals surface area contributed by atoms with E-state index in [1.54, 1.807) is 12.3 Å². The molecule has 0 aliphatic carbocycles. The van der Waals surface area contributed by atoms with Crippen LogP contribution in [0.3, 0.4) is 0 Å². The Balaban J connectivity index is 1.82. The second kappa shape index (κ2) is 5.65. The summed E-state index contributed by atoms with van der Waals surface area (Å²) in [7, 11) is 0. The summed E-state index contributed by atoms with van der Waals surface area (Å²) in [4.78, 5) is 30.3. The Labute approximate surface area is 125 Å². The van der Waals surface area contributed by atoms with Gasteiger partial charge in [-0.3, -0.25) is 9.59 Å². The molecule has 0 atom stereocenters. The number of nitrogens with zero attached hydrogens (tertiary/aromatic N) is 2. The van der Waals surface area contributed by atoms with Crippen LogP contribution in [-0.4, -0.2) is 26.1 Å². The minimum Gasteiger partial charge on any atom is -0.342 e. The largest absolute Gasteiger partial charge is 0.342 e. The van der Waals surface area contributed by atoms with Gasteiger partial charge in [0.15, 0.2) is 0 Å². The molecule has 0 aliphatic rings. The number of amides is 1. The molecular weight excluding hydrogens is 282 g/mol. The van der Waals surface area contributed by atoms with Crippen LogP contribution in [0.15, 0.2) is 47.4 Å². The topological polar surface area (TPSA) is 104 Å². The molecule has 0 spiro atoms. The van der Waals surface area contributed by atoms with Gasteiger partial charge in [-0.1, -0.05) is 12.1 Å². The van der Waals surface area contributed by atoms with Crippen molar-refractivity contribution in [2.75, 3.05) is 5.32 Å². The van der Waals surface area contributed by atoms with Gasteiger partial charge in [0.1, 0.15) is 11.5 Å². The van der Waals surface area contributed by atoms with Gasteiger partial charge in [-0.05, 0) is 25.1 Å². The highest BCUT2D eigenvalue weighted by Crippen LogP contribution is 2.21. The molecule has 2 heterocycles. The Morgan fingerprint density at radius 3 is 2.77 bits per heavy atom. The van der Waals surface area contributed by atoms with E-state index in [9.17, 15) is 9.59 Å². The molecule has 3 rings (SSSR count). The molecular formula is C15H13N5O2. The highest BCUT2D eigenvalue weighted by Gasteiger charge is 2.09. The first-order valence-electron chi connectivity index (χ1n) is 6.61. The van der Waals surface area contributed by atoms with Crippen molar-refractivity contribution >= 4 is 11.6 Å². The number of carbonyl (C=O) groups excluding carboxylic acids is 1. The van der Waals surface area contributed by atoms with E-state index in [2.05, 4.69) is 25.5 Å². The summed E-state index contributed by atoms with van der Waals surface area (Å²) in [5, 5.41) is 8.66. The number of imidazole rings is 1. The summed E-state index contributed by atoms with van der Waals surface area (Å²) in [6.45, 7) is 1.87. The summed E-state index contributed by atoms with van der Waals surface area (Å²) < 4.78 is 0. The number of carbonyl (C=O) groups is 1. The fraction of sp³-hybridized carbons (Fsp3) is 0.0667. The van der Waals surface area contributed by atoms with Crippen molar-refractivity contribution in [3.05, 3.63) is 64.5 Å². The highest BCUT2D eigenvalue weighted by atomic mass is 16.2. The van der Waals surface area contributed by atoms with E-state index in [1.165, 1.54) is 12.1 Å². The Hall–Kier alpha value is -3.22. The monoisotopic (exact) mass is 295 g/mol. The van der Waals surface area contributed by atoms with Crippen molar-refractivity contribution < 1.29 is 4.79 Å². The number of aryl methyl sites for hydroxylation is 1. The van der Waals surface area contributed by atoms with Gasteiger partial charge >= 0.3 is 0 Å². The standard InChI is InChI=1S/C15H13N5O2/c1-9-16-8-13(17-9)10-3-2-4-11(7-10)18-15(22)12-5-6-14(21)20-19-12/h2-8H,1H3,(H,16,17)(H,18,22)(H,20,21). The van der Waals surface area contributed by atoms with Crippen molar-refractivity contribution in [1.82, 2.24) is 20.2 Å². The molecule has 0 unspecified atom stereocenters. The summed E-state index contributed by atoms with van der Waals surface area (Å²) in [5.74, 6) is 0.427. The van der Waals surface area contributed by atoms with Gasteiger partial charge in [0.25, 0.3) is 11.5 Å². The van der Waals surface area contributed by atoms with Gasteiger partial charge in [-0.2, -0.15) is 5.10 Å². The summed E-state index contributed by atoms with van der Waals surface area (Å²) >= 11 is 0. The molecule has 22 heavy (non-hydrogen) atoms. The predicted octanol–water partition coefficient (Wildman–Crippen LogP) is 1.72. The van der Waals surface area contributed by atoms with Crippen molar-refractivity contribution in [2.24, 2.45) is 0 Å². The first-order valence-corrected chi connectivity index (χ1v) is 6.61. The minimum atomic E-state index is -0.394. The van der Waals surface area contributed by atoms with Crippen LogP contribution in [0.1, 0.15) is 16.3 Å². The third-order valence-corrected chi connectivity index (χ3v) is 3.05. The Morgan fingerprint density at radius 1 is 1.23 bits per heavy atom. The van der Waals surface area contributed by atoms with Crippen LogP contribution in [0.25, 0.3) is 11.3 Å². The number of benzene rings is 1. The van der Waals surface area contributed by atoms with Gasteiger partial charge in [-0.15, -0.1) is 0 Å². The van der Waals surface area contributed by atoms with Crippen LogP contribution in [-0.2, 0) is 0 Å². The number of aromatic amines is 2. The number of aromatic nitrogens is 4. The lowest BCUT2D eigenvalue weighted by Crippen LogP contribution is -2.17. The van der Waals surface area contributed by atoms with E-state index in [1.807, 2.05) is 25.1 Å². The molecule has 0 radical (unpaired) electrons. The molecule has 3 aromatic rings. The molecule has 3 N–H and O–H groups in total. The Kier molecular flexibility index (Phi) is 3.53. The number of rotatable bonds is 3. The van der Waals surface area contributed by atoms with E-state index in [-0.39, 0.29) is 11.3 Å². The normalized spacial score (nSPS) is 10.4. The zero-order chi connectivity index (χ0) is 15.5. The van der Waals surface area contributed by atoms with Crippen LogP contribution >= 0.6 is 0 Å². The smallest absolute Gasteiger partial charge is 0.276 e. The first kappa shape index (κ1) is 13.7. The van der Waals surface area contributed by atoms with E-state index in [4.69, 9.17) is 0 Å². The maximum Gasteiger partial charge on any atom is 0.276 e. The van der Waals surface area contributed by atoms with Crippen LogP contribution in [0.4, 0.5) is 5.69 Å². The third kappa shape index (κ3) is 2.93. The average molecular weight is 295 g/mol. The van der Waals surface area contributed by atoms with Crippen molar-refractivity contribution in [3.63, 3.8) is 0 Å². The van der Waals surface area contributed by atoms with E-state index < -0.39 is 5.91 Å². The lowest BCUT2D eigenvalue weighted by molar-refractivity contribution is 0.102. The van der Waals surface area contributed by atoms with Gasteiger partial charge in [-0.25, -0.2) is 10.1 Å². The quantitative estimate of drug-likeness (QED) is 0.684. The van der Waals surface area contributed by atoms with E-state index in [0.717, 1.165) is 17.1 Å². The van der Waals surface area contributed by atoms with Crippen LogP contribution < -0.4 is 10.9 Å². The van der Waals surface area contributed by atoms with Gasteiger partial charge < -0.3 is 10.3 Å². The zero-order valence-corrected chi connectivity index (χ0v) is 11.8. The fourth-order valence-electron chi connectivity index (χ4n) is 2.00. The molecule has 0 aliphatic heterocycles. The number of hydrogen-bond donors (Lipinski definition) is 3. The van der Waals surface area contributed by atoms with Crippen molar-refractivity contribution in [1.29, 1.82) is 0 Å². The molecule has 0 bridgehead atoms.